The summed E-state index contributed by atoms with van der Waals surface area (Å²) in [4.78, 5) is 29.3. The van der Waals surface area contributed by atoms with E-state index in [0.717, 1.165) is 28.9 Å². The lowest BCUT2D eigenvalue weighted by Gasteiger charge is -2.31. The third-order valence-electron chi connectivity index (χ3n) is 6.91. The summed E-state index contributed by atoms with van der Waals surface area (Å²) in [5, 5.41) is 7.24. The summed E-state index contributed by atoms with van der Waals surface area (Å²) in [5.74, 6) is -1.06. The number of rotatable bonds is 5. The van der Waals surface area contributed by atoms with E-state index in [0.29, 0.717) is 29.8 Å². The number of likely N-dealkylation sites (tertiary alicyclic amines) is 1. The second-order valence-electron chi connectivity index (χ2n) is 9.15. The number of halogens is 3. The van der Waals surface area contributed by atoms with Gasteiger partial charge in [0.25, 0.3) is 0 Å². The van der Waals surface area contributed by atoms with Gasteiger partial charge in [0, 0.05) is 30.8 Å². The van der Waals surface area contributed by atoms with Crippen LogP contribution in [0.2, 0.25) is 5.28 Å². The normalized spacial score (nSPS) is 18.3. The number of nitrogens with zero attached hydrogens (tertiary/aromatic N) is 5. The predicted octanol–water partition coefficient (Wildman–Crippen LogP) is 5.70. The maximum Gasteiger partial charge on any atom is 0.242 e. The third-order valence-corrected chi connectivity index (χ3v) is 8.20. The van der Waals surface area contributed by atoms with E-state index in [1.165, 1.54) is 29.5 Å². The van der Waals surface area contributed by atoms with Crippen molar-refractivity contribution >= 4 is 45.6 Å². The maximum atomic E-state index is 14.1. The Labute approximate surface area is 220 Å². The number of carbonyl (C=O) groups excluding carboxylic acids is 1. The fourth-order valence-electron chi connectivity index (χ4n) is 4.92. The van der Waals surface area contributed by atoms with Gasteiger partial charge in [-0.05, 0) is 48.7 Å². The molecule has 4 heterocycles. The molecule has 2 aromatic heterocycles. The maximum absolute atomic E-state index is 14.1. The Morgan fingerprint density at radius 1 is 1.08 bits per heavy atom. The number of hydrogen-bond acceptors (Lipinski definition) is 6. The van der Waals surface area contributed by atoms with Gasteiger partial charge in [-0.1, -0.05) is 23.4 Å². The van der Waals surface area contributed by atoms with Crippen molar-refractivity contribution in [3.05, 3.63) is 81.0 Å². The van der Waals surface area contributed by atoms with E-state index in [2.05, 4.69) is 10.1 Å². The molecule has 0 spiro atoms. The molecule has 11 heteroatoms. The van der Waals surface area contributed by atoms with Crippen LogP contribution in [0.5, 0.6) is 0 Å². The van der Waals surface area contributed by atoms with Crippen LogP contribution in [-0.4, -0.2) is 44.1 Å². The zero-order valence-corrected chi connectivity index (χ0v) is 21.2. The van der Waals surface area contributed by atoms with E-state index in [1.54, 1.807) is 4.57 Å². The van der Waals surface area contributed by atoms with Gasteiger partial charge in [0.05, 0.1) is 27.3 Å². The molecule has 1 atom stereocenters. The Morgan fingerprint density at radius 3 is 2.62 bits per heavy atom. The van der Waals surface area contributed by atoms with Gasteiger partial charge >= 0.3 is 0 Å². The number of aromatic nitrogens is 3. The van der Waals surface area contributed by atoms with E-state index in [4.69, 9.17) is 21.4 Å². The summed E-state index contributed by atoms with van der Waals surface area (Å²) in [6, 6.07) is 11.3. The smallest absolute Gasteiger partial charge is 0.242 e. The molecular weight excluding hydrogens is 520 g/mol. The van der Waals surface area contributed by atoms with Crippen molar-refractivity contribution in [2.24, 2.45) is 5.16 Å². The number of benzene rings is 2. The number of thiazole rings is 1. The van der Waals surface area contributed by atoms with Gasteiger partial charge in [0.2, 0.25) is 11.2 Å². The van der Waals surface area contributed by atoms with Crippen LogP contribution in [0.25, 0.3) is 11.0 Å². The Balaban J connectivity index is 1.07. The van der Waals surface area contributed by atoms with E-state index in [9.17, 15) is 13.6 Å². The van der Waals surface area contributed by atoms with E-state index >= 15 is 0 Å². The number of oxime groups is 1. The summed E-state index contributed by atoms with van der Waals surface area (Å²) in [6.45, 7) is 1.40. The summed E-state index contributed by atoms with van der Waals surface area (Å²) in [7, 11) is 0. The third kappa shape index (κ3) is 4.59. The highest BCUT2D eigenvalue weighted by atomic mass is 35.5. The lowest BCUT2D eigenvalue weighted by Crippen LogP contribution is -2.39. The number of piperidine rings is 1. The summed E-state index contributed by atoms with van der Waals surface area (Å²) in [5.41, 5.74) is 2.73. The average Bonchev–Trinajstić information content (AvgIpc) is 3.64. The van der Waals surface area contributed by atoms with Crippen molar-refractivity contribution in [2.75, 3.05) is 13.1 Å². The molecule has 0 bridgehead atoms. The first kappa shape index (κ1) is 24.0. The van der Waals surface area contributed by atoms with Crippen LogP contribution in [0.15, 0.2) is 53.0 Å². The number of imidazole rings is 1. The zero-order valence-electron chi connectivity index (χ0n) is 19.6. The van der Waals surface area contributed by atoms with Crippen molar-refractivity contribution in [1.82, 2.24) is 19.4 Å². The van der Waals surface area contributed by atoms with Crippen LogP contribution >= 0.6 is 22.9 Å². The van der Waals surface area contributed by atoms with Crippen molar-refractivity contribution in [2.45, 2.75) is 37.8 Å². The fourth-order valence-corrected chi connectivity index (χ4v) is 6.16. The van der Waals surface area contributed by atoms with E-state index in [-0.39, 0.29) is 30.4 Å². The van der Waals surface area contributed by atoms with Gasteiger partial charge in [-0.2, -0.15) is 0 Å². The number of carbonyl (C=O) groups is 1. The molecule has 0 aliphatic carbocycles. The minimum Gasteiger partial charge on any atom is -0.387 e. The van der Waals surface area contributed by atoms with Gasteiger partial charge < -0.3 is 14.3 Å². The SMILES string of the molecule is O=C(Cn1c(Cl)nc2ccccc21)N1CCC(c2nc(C3=NOC(c4c(F)cccc4F)C3)cs2)CC1. The van der Waals surface area contributed by atoms with E-state index < -0.39 is 17.7 Å². The van der Waals surface area contributed by atoms with Gasteiger partial charge in [-0.15, -0.1) is 11.3 Å². The molecule has 37 heavy (non-hydrogen) atoms. The predicted molar refractivity (Wildman–Crippen MR) is 137 cm³/mol. The molecule has 6 rings (SSSR count). The molecule has 1 fully saturated rings. The molecule has 4 aromatic rings. The summed E-state index contributed by atoms with van der Waals surface area (Å²) < 4.78 is 30.0. The monoisotopic (exact) mass is 541 g/mol. The largest absolute Gasteiger partial charge is 0.387 e. The second-order valence-corrected chi connectivity index (χ2v) is 10.4. The Morgan fingerprint density at radius 2 is 1.84 bits per heavy atom. The van der Waals surface area contributed by atoms with Crippen LogP contribution in [0.4, 0.5) is 8.78 Å². The van der Waals surface area contributed by atoms with Crippen LogP contribution in [0.3, 0.4) is 0 Å². The van der Waals surface area contributed by atoms with Gasteiger partial charge in [-0.25, -0.2) is 18.7 Å². The highest BCUT2D eigenvalue weighted by Crippen LogP contribution is 2.35. The van der Waals surface area contributed by atoms with Crippen molar-refractivity contribution in [1.29, 1.82) is 0 Å². The molecule has 0 N–H and O–H groups in total. The molecule has 2 aliphatic rings. The molecule has 1 unspecified atom stereocenters. The Hall–Kier alpha value is -3.37. The lowest BCUT2D eigenvalue weighted by molar-refractivity contribution is -0.132. The minimum atomic E-state index is -0.809. The zero-order chi connectivity index (χ0) is 25.5. The average molecular weight is 542 g/mol. The molecule has 190 valence electrons. The van der Waals surface area contributed by atoms with E-state index in [1.807, 2.05) is 34.5 Å². The van der Waals surface area contributed by atoms with Crippen LogP contribution in [-0.2, 0) is 16.2 Å². The van der Waals surface area contributed by atoms with Crippen LogP contribution in [0, 0.1) is 11.6 Å². The number of para-hydroxylation sites is 2. The molecule has 0 radical (unpaired) electrons. The second kappa shape index (κ2) is 9.83. The minimum absolute atomic E-state index is 0.00668. The summed E-state index contributed by atoms with van der Waals surface area (Å²) >= 11 is 7.82. The lowest BCUT2D eigenvalue weighted by atomic mass is 9.97. The molecular formula is C26H22ClF2N5O2S. The standard InChI is InChI=1S/C26H22ClF2N5O2S/c27-26-31-18-6-1-2-7-21(18)34(26)13-23(35)33-10-8-15(9-11-33)25-30-20(14-37-25)19-12-22(36-32-19)24-16(28)4-3-5-17(24)29/h1-7,14-15,22H,8-13H2. The fraction of sp³-hybridized carbons (Fsp3) is 0.308. The molecule has 1 saturated heterocycles. The van der Waals surface area contributed by atoms with Crippen molar-refractivity contribution in [3.63, 3.8) is 0 Å². The first-order valence-electron chi connectivity index (χ1n) is 12.0. The van der Waals surface area contributed by atoms with Crippen LogP contribution in [0.1, 0.15) is 47.5 Å². The number of fused-ring (bicyclic) bond motifs is 1. The van der Waals surface area contributed by atoms with Gasteiger partial charge in [0.15, 0.2) is 6.10 Å². The first-order valence-corrected chi connectivity index (χ1v) is 13.2. The van der Waals surface area contributed by atoms with Crippen LogP contribution < -0.4 is 0 Å². The molecule has 7 nitrogen and oxygen atoms in total. The molecule has 2 aliphatic heterocycles. The Kier molecular flexibility index (Phi) is 6.37. The van der Waals surface area contributed by atoms with Crippen molar-refractivity contribution < 1.29 is 18.4 Å². The number of hydrogen-bond donors (Lipinski definition) is 0. The number of amides is 1. The first-order chi connectivity index (χ1) is 18.0. The summed E-state index contributed by atoms with van der Waals surface area (Å²) in [6.07, 6.45) is 1.03. The highest BCUT2D eigenvalue weighted by Gasteiger charge is 2.31. The molecule has 0 saturated carbocycles. The Bertz CT molecular complexity index is 1490. The van der Waals surface area contributed by atoms with Gasteiger partial charge in [-0.3, -0.25) is 4.79 Å². The highest BCUT2D eigenvalue weighted by molar-refractivity contribution is 7.10. The molecule has 1 amide bonds. The molecule has 2 aromatic carbocycles. The van der Waals surface area contributed by atoms with Crippen molar-refractivity contribution in [3.8, 4) is 0 Å². The quantitative estimate of drug-likeness (QED) is 0.325. The topological polar surface area (TPSA) is 72.6 Å². The van der Waals surface area contributed by atoms with Gasteiger partial charge in [0.1, 0.15) is 23.9 Å².